The molecule has 2 aliphatic rings. The maximum atomic E-state index is 11.6. The molecule has 1 atom stereocenters. The first-order valence-electron chi connectivity index (χ1n) is 5.10. The molecule has 14 heavy (non-hydrogen) atoms. The molecular weight excluding hydrogens is 184 g/mol. The highest BCUT2D eigenvalue weighted by atomic mass is 16.6. The zero-order valence-electron chi connectivity index (χ0n) is 8.20. The summed E-state index contributed by atoms with van der Waals surface area (Å²) in [7, 11) is 0. The van der Waals surface area contributed by atoms with Crippen molar-refractivity contribution in [3.63, 3.8) is 0 Å². The lowest BCUT2D eigenvalue weighted by atomic mass is 10.3. The fraction of sp³-hybridized carbons (Fsp3) is 0.889. The van der Waals surface area contributed by atoms with Gasteiger partial charge < -0.3 is 19.7 Å². The van der Waals surface area contributed by atoms with Crippen LogP contribution in [0.25, 0.3) is 0 Å². The van der Waals surface area contributed by atoms with Gasteiger partial charge in [0.25, 0.3) is 0 Å². The highest BCUT2D eigenvalue weighted by molar-refractivity contribution is 5.67. The fourth-order valence-corrected chi connectivity index (χ4v) is 1.69. The van der Waals surface area contributed by atoms with Crippen LogP contribution in [0.5, 0.6) is 0 Å². The fourth-order valence-electron chi connectivity index (χ4n) is 1.69. The van der Waals surface area contributed by atoms with Gasteiger partial charge in [-0.25, -0.2) is 4.79 Å². The van der Waals surface area contributed by atoms with Crippen molar-refractivity contribution in [2.45, 2.75) is 12.5 Å². The molecular formula is C9H16N2O3. The van der Waals surface area contributed by atoms with Crippen molar-refractivity contribution < 1.29 is 14.3 Å². The number of rotatable bonds is 1. The molecule has 5 heteroatoms. The molecule has 0 bridgehead atoms. The topological polar surface area (TPSA) is 50.8 Å². The minimum atomic E-state index is -0.193. The molecule has 1 N–H and O–H groups in total. The monoisotopic (exact) mass is 200 g/mol. The van der Waals surface area contributed by atoms with Crippen molar-refractivity contribution in [2.24, 2.45) is 0 Å². The van der Waals surface area contributed by atoms with E-state index in [1.807, 2.05) is 0 Å². The molecule has 2 rings (SSSR count). The molecule has 2 saturated heterocycles. The Morgan fingerprint density at radius 3 is 2.86 bits per heavy atom. The van der Waals surface area contributed by atoms with Crippen molar-refractivity contribution in [3.8, 4) is 0 Å². The molecule has 5 nitrogen and oxygen atoms in total. The average Bonchev–Trinajstić information content (AvgIpc) is 2.72. The van der Waals surface area contributed by atoms with Crippen molar-refractivity contribution in [1.82, 2.24) is 10.2 Å². The number of ether oxygens (including phenoxy) is 2. The smallest absolute Gasteiger partial charge is 0.410 e. The van der Waals surface area contributed by atoms with E-state index in [9.17, 15) is 4.79 Å². The first-order chi connectivity index (χ1) is 6.86. The van der Waals surface area contributed by atoms with Crippen molar-refractivity contribution in [2.75, 3.05) is 39.4 Å². The summed E-state index contributed by atoms with van der Waals surface area (Å²) in [5, 5.41) is 3.16. The number of carbonyl (C=O) groups is 1. The summed E-state index contributed by atoms with van der Waals surface area (Å²) in [5.41, 5.74) is 0. The first-order valence-corrected chi connectivity index (χ1v) is 5.10. The van der Waals surface area contributed by atoms with E-state index in [4.69, 9.17) is 9.47 Å². The average molecular weight is 200 g/mol. The van der Waals surface area contributed by atoms with Gasteiger partial charge in [0.2, 0.25) is 0 Å². The maximum Gasteiger partial charge on any atom is 0.410 e. The summed E-state index contributed by atoms with van der Waals surface area (Å²) in [6, 6.07) is 0. The minimum Gasteiger partial charge on any atom is -0.445 e. The molecule has 0 aromatic carbocycles. The van der Waals surface area contributed by atoms with Crippen LogP contribution in [0.1, 0.15) is 6.42 Å². The van der Waals surface area contributed by atoms with E-state index in [-0.39, 0.29) is 12.2 Å². The van der Waals surface area contributed by atoms with Gasteiger partial charge in [-0.1, -0.05) is 0 Å². The zero-order chi connectivity index (χ0) is 9.80. The number of carbonyl (C=O) groups excluding carboxylic acids is 1. The number of morpholine rings is 1. The number of hydrogen-bond donors (Lipinski definition) is 1. The Labute approximate surface area is 83.3 Å². The number of nitrogens with one attached hydrogen (secondary N) is 1. The van der Waals surface area contributed by atoms with E-state index in [1.54, 1.807) is 4.90 Å². The molecule has 0 aromatic heterocycles. The van der Waals surface area contributed by atoms with Crippen LogP contribution < -0.4 is 5.32 Å². The van der Waals surface area contributed by atoms with Crippen LogP contribution in [0.4, 0.5) is 4.79 Å². The Bertz CT molecular complexity index is 198. The summed E-state index contributed by atoms with van der Waals surface area (Å²) in [5.74, 6) is 0. The van der Waals surface area contributed by atoms with Crippen LogP contribution in [0.15, 0.2) is 0 Å². The molecule has 2 fully saturated rings. The predicted molar refractivity (Wildman–Crippen MR) is 50.1 cm³/mol. The van der Waals surface area contributed by atoms with Gasteiger partial charge in [0.05, 0.1) is 13.2 Å². The second kappa shape index (κ2) is 4.61. The van der Waals surface area contributed by atoms with Crippen LogP contribution in [0, 0.1) is 0 Å². The van der Waals surface area contributed by atoms with E-state index in [0.29, 0.717) is 26.3 Å². The Balaban J connectivity index is 1.75. The van der Waals surface area contributed by atoms with Gasteiger partial charge in [0.1, 0.15) is 6.10 Å². The normalized spacial score (nSPS) is 27.7. The summed E-state index contributed by atoms with van der Waals surface area (Å²) < 4.78 is 10.5. The molecule has 1 unspecified atom stereocenters. The standard InChI is InChI=1S/C9H16N2O3/c12-9(11-3-5-13-6-4-11)14-8-1-2-10-7-8/h8,10H,1-7H2. The van der Waals surface area contributed by atoms with Gasteiger partial charge in [0, 0.05) is 19.6 Å². The van der Waals surface area contributed by atoms with Crippen LogP contribution in [0.2, 0.25) is 0 Å². The third-order valence-electron chi connectivity index (χ3n) is 2.55. The number of hydrogen-bond acceptors (Lipinski definition) is 4. The summed E-state index contributed by atoms with van der Waals surface area (Å²) >= 11 is 0. The quantitative estimate of drug-likeness (QED) is 0.638. The lowest BCUT2D eigenvalue weighted by molar-refractivity contribution is 0.0157. The van der Waals surface area contributed by atoms with Gasteiger partial charge in [0.15, 0.2) is 0 Å². The Hall–Kier alpha value is -0.810. The van der Waals surface area contributed by atoms with Crippen molar-refractivity contribution in [3.05, 3.63) is 0 Å². The summed E-state index contributed by atoms with van der Waals surface area (Å²) in [6.07, 6.45) is 0.795. The lowest BCUT2D eigenvalue weighted by Crippen LogP contribution is -2.42. The molecule has 0 aromatic rings. The zero-order valence-corrected chi connectivity index (χ0v) is 8.20. The second-order valence-electron chi connectivity index (χ2n) is 3.60. The van der Waals surface area contributed by atoms with Crippen LogP contribution >= 0.6 is 0 Å². The third-order valence-corrected chi connectivity index (χ3v) is 2.55. The lowest BCUT2D eigenvalue weighted by Gasteiger charge is -2.27. The number of nitrogens with zero attached hydrogens (tertiary/aromatic N) is 1. The van der Waals surface area contributed by atoms with E-state index in [1.165, 1.54) is 0 Å². The summed E-state index contributed by atoms with van der Waals surface area (Å²) in [4.78, 5) is 13.3. The second-order valence-corrected chi connectivity index (χ2v) is 3.60. The largest absolute Gasteiger partial charge is 0.445 e. The SMILES string of the molecule is O=C(OC1CCNC1)N1CCOCC1. The van der Waals surface area contributed by atoms with Crippen molar-refractivity contribution in [1.29, 1.82) is 0 Å². The molecule has 1 amide bonds. The maximum absolute atomic E-state index is 11.6. The third kappa shape index (κ3) is 2.36. The van der Waals surface area contributed by atoms with Crippen LogP contribution in [0.3, 0.4) is 0 Å². The predicted octanol–water partition coefficient (Wildman–Crippen LogP) is -0.183. The molecule has 80 valence electrons. The van der Waals surface area contributed by atoms with E-state index in [0.717, 1.165) is 19.5 Å². The Kier molecular flexibility index (Phi) is 3.21. The van der Waals surface area contributed by atoms with E-state index in [2.05, 4.69) is 5.32 Å². The van der Waals surface area contributed by atoms with E-state index < -0.39 is 0 Å². The summed E-state index contributed by atoms with van der Waals surface area (Å²) in [6.45, 7) is 4.28. The molecule has 0 spiro atoms. The van der Waals surface area contributed by atoms with Gasteiger partial charge >= 0.3 is 6.09 Å². The van der Waals surface area contributed by atoms with Gasteiger partial charge in [-0.2, -0.15) is 0 Å². The molecule has 2 aliphatic heterocycles. The minimum absolute atomic E-state index is 0.0605. The van der Waals surface area contributed by atoms with E-state index >= 15 is 0 Å². The van der Waals surface area contributed by atoms with Gasteiger partial charge in [-0.15, -0.1) is 0 Å². The molecule has 0 aliphatic carbocycles. The molecule has 2 heterocycles. The van der Waals surface area contributed by atoms with Gasteiger partial charge in [-0.05, 0) is 13.0 Å². The highest BCUT2D eigenvalue weighted by Gasteiger charge is 2.23. The number of amides is 1. The highest BCUT2D eigenvalue weighted by Crippen LogP contribution is 2.07. The van der Waals surface area contributed by atoms with Gasteiger partial charge in [-0.3, -0.25) is 0 Å². The van der Waals surface area contributed by atoms with Crippen molar-refractivity contribution >= 4 is 6.09 Å². The Morgan fingerprint density at radius 2 is 2.21 bits per heavy atom. The first kappa shape index (κ1) is 9.73. The van der Waals surface area contributed by atoms with Crippen LogP contribution in [-0.4, -0.2) is 56.5 Å². The molecule has 0 saturated carbocycles. The molecule has 0 radical (unpaired) electrons. The van der Waals surface area contributed by atoms with Crippen LogP contribution in [-0.2, 0) is 9.47 Å². The Morgan fingerprint density at radius 1 is 1.43 bits per heavy atom.